The van der Waals surface area contributed by atoms with Crippen LogP contribution in [0.25, 0.3) is 10.8 Å². The highest BCUT2D eigenvalue weighted by Gasteiger charge is 2.50. The van der Waals surface area contributed by atoms with Crippen LogP contribution in [-0.4, -0.2) is 26.6 Å². The van der Waals surface area contributed by atoms with Gasteiger partial charge in [0.05, 0.1) is 0 Å². The van der Waals surface area contributed by atoms with E-state index < -0.39 is 14.4 Å². The van der Waals surface area contributed by atoms with Crippen molar-refractivity contribution in [2.24, 2.45) is 5.41 Å². The molecule has 0 saturated carbocycles. The van der Waals surface area contributed by atoms with Gasteiger partial charge in [0, 0.05) is 34.8 Å². The van der Waals surface area contributed by atoms with Crippen molar-refractivity contribution in [3.63, 3.8) is 0 Å². The normalized spacial score (nSPS) is 13.2. The third-order valence-corrected chi connectivity index (χ3v) is 13.5. The van der Waals surface area contributed by atoms with E-state index in [4.69, 9.17) is 16.0 Å². The van der Waals surface area contributed by atoms with Gasteiger partial charge in [0.2, 0.25) is 0 Å². The Hall–Kier alpha value is -3.41. The van der Waals surface area contributed by atoms with Crippen molar-refractivity contribution < 1.29 is 9.53 Å². The lowest BCUT2D eigenvalue weighted by atomic mass is 9.93. The van der Waals surface area contributed by atoms with E-state index in [2.05, 4.69) is 119 Å². The zero-order valence-corrected chi connectivity index (χ0v) is 27.5. The molecule has 5 aromatic rings. The van der Waals surface area contributed by atoms with Crippen molar-refractivity contribution in [2.45, 2.75) is 45.8 Å². The Morgan fingerprint density at radius 1 is 0.721 bits per heavy atom. The largest absolute Gasteiger partial charge is 0.407 e. The van der Waals surface area contributed by atoms with Crippen LogP contribution in [0.4, 0.5) is 5.69 Å². The second-order valence-electron chi connectivity index (χ2n) is 13.2. The Morgan fingerprint density at radius 3 is 1.93 bits per heavy atom. The van der Waals surface area contributed by atoms with Gasteiger partial charge in [0.25, 0.3) is 8.32 Å². The van der Waals surface area contributed by atoms with Gasteiger partial charge in [0.15, 0.2) is 0 Å². The van der Waals surface area contributed by atoms with E-state index in [1.807, 2.05) is 42.5 Å². The quantitative estimate of drug-likeness (QED) is 0.156. The molecule has 1 atom stereocenters. The van der Waals surface area contributed by atoms with Gasteiger partial charge in [-0.05, 0) is 49.9 Å². The van der Waals surface area contributed by atoms with Crippen LogP contribution in [0.5, 0.6) is 0 Å². The number of rotatable bonds is 10. The molecule has 0 aliphatic heterocycles. The third kappa shape index (κ3) is 6.58. The summed E-state index contributed by atoms with van der Waals surface area (Å²) in [6.45, 7) is 12.6. The van der Waals surface area contributed by atoms with Gasteiger partial charge in [-0.3, -0.25) is 0 Å². The smallest absolute Gasteiger partial charge is 0.261 e. The molecule has 0 aliphatic carbocycles. The molecule has 0 radical (unpaired) electrons. The maximum absolute atomic E-state index is 11.7. The van der Waals surface area contributed by atoms with E-state index in [9.17, 15) is 5.11 Å². The fourth-order valence-electron chi connectivity index (χ4n) is 6.03. The Bertz CT molecular complexity index is 1620. The van der Waals surface area contributed by atoms with Crippen LogP contribution in [0.15, 0.2) is 121 Å². The summed E-state index contributed by atoms with van der Waals surface area (Å²) in [6.07, 6.45) is -0.830. The summed E-state index contributed by atoms with van der Waals surface area (Å²) in [6, 6.07) is 41.4. The second-order valence-corrected chi connectivity index (χ2v) is 17.9. The van der Waals surface area contributed by atoms with Crippen LogP contribution in [0.2, 0.25) is 10.1 Å². The van der Waals surface area contributed by atoms with Crippen molar-refractivity contribution in [3.05, 3.63) is 137 Å². The van der Waals surface area contributed by atoms with Gasteiger partial charge >= 0.3 is 0 Å². The lowest BCUT2D eigenvalue weighted by Crippen LogP contribution is -2.67. The summed E-state index contributed by atoms with van der Waals surface area (Å²) in [5.74, 6) is 0. The van der Waals surface area contributed by atoms with Crippen molar-refractivity contribution in [2.75, 3.05) is 18.5 Å². The highest BCUT2D eigenvalue weighted by Crippen LogP contribution is 2.39. The van der Waals surface area contributed by atoms with Crippen molar-refractivity contribution in [1.29, 1.82) is 0 Å². The number of aliphatic hydroxyl groups excluding tert-OH is 1. The lowest BCUT2D eigenvalue weighted by Gasteiger charge is -2.44. The SMILES string of the molecule is CC(C)(CNc1ccc(Cl)cc1C(O)c1cccc2ccccc12)CO[Si](c1ccccc1)(c1ccccc1)C(C)(C)C. The number of fused-ring (bicyclic) bond motifs is 1. The molecule has 0 fully saturated rings. The molecule has 0 bridgehead atoms. The average Bonchev–Trinajstić information content (AvgIpc) is 3.00. The summed E-state index contributed by atoms with van der Waals surface area (Å²) in [5, 5.41) is 20.5. The molecule has 3 nitrogen and oxygen atoms in total. The van der Waals surface area contributed by atoms with Crippen LogP contribution in [0, 0.1) is 5.41 Å². The second kappa shape index (κ2) is 12.7. The Labute approximate surface area is 262 Å². The fraction of sp³-hybridized carbons (Fsp3) is 0.263. The summed E-state index contributed by atoms with van der Waals surface area (Å²) in [4.78, 5) is 0. The van der Waals surface area contributed by atoms with Gasteiger partial charge in [0.1, 0.15) is 6.10 Å². The van der Waals surface area contributed by atoms with E-state index in [1.54, 1.807) is 0 Å². The van der Waals surface area contributed by atoms with Crippen molar-refractivity contribution >= 4 is 46.8 Å². The minimum absolute atomic E-state index is 0.0921. The van der Waals surface area contributed by atoms with Crippen molar-refractivity contribution in [1.82, 2.24) is 0 Å². The molecule has 1 unspecified atom stereocenters. The minimum atomic E-state index is -2.66. The molecular formula is C38H42ClNO2Si. The van der Waals surface area contributed by atoms with Gasteiger partial charge in [-0.15, -0.1) is 0 Å². The summed E-state index contributed by atoms with van der Waals surface area (Å²) < 4.78 is 7.26. The molecule has 5 heteroatoms. The van der Waals surface area contributed by atoms with Gasteiger partial charge in [-0.25, -0.2) is 0 Å². The van der Waals surface area contributed by atoms with E-state index >= 15 is 0 Å². The topological polar surface area (TPSA) is 41.5 Å². The van der Waals surface area contributed by atoms with Gasteiger partial charge in [-0.2, -0.15) is 0 Å². The molecule has 0 amide bonds. The van der Waals surface area contributed by atoms with Crippen LogP contribution >= 0.6 is 11.6 Å². The fourth-order valence-corrected chi connectivity index (χ4v) is 11.0. The lowest BCUT2D eigenvalue weighted by molar-refractivity contribution is 0.180. The average molecular weight is 608 g/mol. The number of hydrogen-bond acceptors (Lipinski definition) is 3. The van der Waals surface area contributed by atoms with Crippen LogP contribution in [0.1, 0.15) is 51.8 Å². The molecule has 0 heterocycles. The molecule has 0 aromatic heterocycles. The molecule has 0 spiro atoms. The molecular weight excluding hydrogens is 566 g/mol. The first-order valence-electron chi connectivity index (χ1n) is 15.0. The van der Waals surface area contributed by atoms with Crippen LogP contribution in [-0.2, 0) is 4.43 Å². The van der Waals surface area contributed by atoms with E-state index in [-0.39, 0.29) is 10.5 Å². The Kier molecular flexibility index (Phi) is 9.14. The van der Waals surface area contributed by atoms with E-state index in [1.165, 1.54) is 10.4 Å². The molecule has 222 valence electrons. The monoisotopic (exact) mass is 607 g/mol. The molecule has 0 saturated heterocycles. The number of benzene rings is 5. The van der Waals surface area contributed by atoms with Gasteiger partial charge in [-0.1, -0.05) is 149 Å². The zero-order valence-electron chi connectivity index (χ0n) is 25.8. The Balaban J connectivity index is 1.42. The molecule has 0 aliphatic rings. The third-order valence-electron chi connectivity index (χ3n) is 8.28. The maximum Gasteiger partial charge on any atom is 0.261 e. The maximum atomic E-state index is 11.7. The summed E-state index contributed by atoms with van der Waals surface area (Å²) in [5.41, 5.74) is 2.27. The summed E-state index contributed by atoms with van der Waals surface area (Å²) in [7, 11) is -2.66. The van der Waals surface area contributed by atoms with E-state index in [0.29, 0.717) is 18.2 Å². The first kappa shape index (κ1) is 31.0. The summed E-state index contributed by atoms with van der Waals surface area (Å²) >= 11 is 6.46. The van der Waals surface area contributed by atoms with Crippen molar-refractivity contribution in [3.8, 4) is 0 Å². The first-order chi connectivity index (χ1) is 20.5. The predicted octanol–water partition coefficient (Wildman–Crippen LogP) is 8.59. The minimum Gasteiger partial charge on any atom is -0.407 e. The number of halogens is 1. The molecule has 5 rings (SSSR count). The van der Waals surface area contributed by atoms with E-state index in [0.717, 1.165) is 27.6 Å². The highest BCUT2D eigenvalue weighted by molar-refractivity contribution is 6.99. The number of anilines is 1. The predicted molar refractivity (Wildman–Crippen MR) is 185 cm³/mol. The van der Waals surface area contributed by atoms with Crippen LogP contribution in [0.3, 0.4) is 0 Å². The molecule has 43 heavy (non-hydrogen) atoms. The molecule has 5 aromatic carbocycles. The molecule has 2 N–H and O–H groups in total. The highest BCUT2D eigenvalue weighted by atomic mass is 35.5. The number of hydrogen-bond donors (Lipinski definition) is 2. The standard InChI is InChI=1S/C38H42ClNO2Si/c1-37(2,3)43(30-17-8-6-9-18-30,31-19-10-7-11-20-31)42-27-38(4,5)26-40-35-24-23-29(39)25-34(35)36(41)33-22-14-16-28-15-12-13-21-32(28)33/h6-25,36,40-41H,26-27H2,1-5H3. The van der Waals surface area contributed by atoms with Crippen LogP contribution < -0.4 is 15.7 Å². The van der Waals surface area contributed by atoms with Gasteiger partial charge < -0.3 is 14.8 Å². The first-order valence-corrected chi connectivity index (χ1v) is 17.2. The number of aliphatic hydroxyl groups is 1. The number of nitrogens with one attached hydrogen (secondary N) is 1. The Morgan fingerprint density at radius 2 is 1.30 bits per heavy atom. The zero-order chi connectivity index (χ0) is 30.7.